The average Bonchev–Trinajstić information content (AvgIpc) is 2.67. The molecule has 1 aliphatic heterocycles. The molecule has 2 unspecified atom stereocenters. The Morgan fingerprint density at radius 2 is 2.27 bits per heavy atom. The minimum absolute atomic E-state index is 0.103. The van der Waals surface area contributed by atoms with Crippen LogP contribution in [0.5, 0.6) is 0 Å². The fourth-order valence-corrected chi connectivity index (χ4v) is 1.98. The van der Waals surface area contributed by atoms with Gasteiger partial charge in [-0.1, -0.05) is 0 Å². The summed E-state index contributed by atoms with van der Waals surface area (Å²) in [7, 11) is 0. The number of pyridine rings is 1. The highest BCUT2D eigenvalue weighted by Gasteiger charge is 2.34. The predicted molar refractivity (Wildman–Crippen MR) is 53.8 cm³/mol. The normalized spacial score (nSPS) is 25.3. The van der Waals surface area contributed by atoms with Crippen molar-refractivity contribution in [3.8, 4) is 0 Å². The molecule has 0 bridgehead atoms. The number of rotatable bonds is 2. The quantitative estimate of drug-likeness (QED) is 0.626. The molecule has 5 heteroatoms. The van der Waals surface area contributed by atoms with Crippen LogP contribution in [0.4, 0.5) is 0 Å². The van der Waals surface area contributed by atoms with Crippen molar-refractivity contribution in [2.45, 2.75) is 5.92 Å². The molecular formula is C10H12N2O3. The zero-order valence-electron chi connectivity index (χ0n) is 8.06. The third-order valence-electron chi connectivity index (χ3n) is 2.79. The van der Waals surface area contributed by atoms with Crippen LogP contribution >= 0.6 is 0 Å². The van der Waals surface area contributed by atoms with Gasteiger partial charge < -0.3 is 15.4 Å². The molecule has 0 aliphatic carbocycles. The topological polar surface area (TPSA) is 82.2 Å². The van der Waals surface area contributed by atoms with Crippen LogP contribution in [0.1, 0.15) is 11.5 Å². The number of aliphatic carboxylic acids is 1. The number of hydrogen-bond donors (Lipinski definition) is 3. The molecule has 80 valence electrons. The Bertz CT molecular complexity index is 427. The van der Waals surface area contributed by atoms with E-state index in [1.54, 1.807) is 12.4 Å². The lowest BCUT2D eigenvalue weighted by atomic mass is 9.90. The van der Waals surface area contributed by atoms with Gasteiger partial charge in [-0.2, -0.15) is 0 Å². The van der Waals surface area contributed by atoms with Crippen molar-refractivity contribution in [3.63, 3.8) is 0 Å². The van der Waals surface area contributed by atoms with Gasteiger partial charge in [0, 0.05) is 43.0 Å². The first kappa shape index (κ1) is 9.92. The maximum atomic E-state index is 11.5. The van der Waals surface area contributed by atoms with Gasteiger partial charge in [0.05, 0.1) is 5.92 Å². The van der Waals surface area contributed by atoms with Gasteiger partial charge in [-0.05, 0) is 0 Å². The number of hydrogen-bond acceptors (Lipinski definition) is 3. The van der Waals surface area contributed by atoms with Gasteiger partial charge in [0.15, 0.2) is 5.43 Å². The largest absolute Gasteiger partial charge is 0.481 e. The molecule has 2 atom stereocenters. The van der Waals surface area contributed by atoms with E-state index in [0.29, 0.717) is 18.7 Å². The van der Waals surface area contributed by atoms with Crippen LogP contribution in [-0.4, -0.2) is 29.1 Å². The van der Waals surface area contributed by atoms with E-state index < -0.39 is 11.9 Å². The van der Waals surface area contributed by atoms with E-state index in [4.69, 9.17) is 5.11 Å². The second kappa shape index (κ2) is 3.86. The Hall–Kier alpha value is -1.62. The molecule has 3 N–H and O–H groups in total. The molecule has 2 rings (SSSR count). The molecule has 0 amide bonds. The number of carboxylic acids is 1. The number of H-pyrrole nitrogens is 1. The maximum absolute atomic E-state index is 11.5. The maximum Gasteiger partial charge on any atom is 0.308 e. The van der Waals surface area contributed by atoms with Crippen molar-refractivity contribution in [2.24, 2.45) is 5.92 Å². The summed E-state index contributed by atoms with van der Waals surface area (Å²) in [5.74, 6) is -1.59. The average molecular weight is 208 g/mol. The number of aromatic nitrogens is 1. The van der Waals surface area contributed by atoms with Crippen molar-refractivity contribution in [3.05, 3.63) is 34.2 Å². The highest BCUT2D eigenvalue weighted by Crippen LogP contribution is 2.25. The third-order valence-corrected chi connectivity index (χ3v) is 2.79. The van der Waals surface area contributed by atoms with Crippen LogP contribution < -0.4 is 10.7 Å². The van der Waals surface area contributed by atoms with E-state index in [2.05, 4.69) is 10.3 Å². The second-order valence-electron chi connectivity index (χ2n) is 3.67. The van der Waals surface area contributed by atoms with Crippen LogP contribution in [0.25, 0.3) is 0 Å². The Morgan fingerprint density at radius 1 is 1.47 bits per heavy atom. The second-order valence-corrected chi connectivity index (χ2v) is 3.67. The minimum atomic E-state index is -0.853. The molecule has 0 saturated carbocycles. The lowest BCUT2D eigenvalue weighted by Crippen LogP contribution is -2.24. The molecule has 1 aromatic heterocycles. The summed E-state index contributed by atoms with van der Waals surface area (Å²) in [6, 6.07) is 1.42. The first-order valence-corrected chi connectivity index (χ1v) is 4.80. The van der Waals surface area contributed by atoms with Crippen molar-refractivity contribution in [1.82, 2.24) is 10.3 Å². The standard InChI is InChI=1S/C10H12N2O3/c13-9-1-2-11-4-7(9)6-3-12-5-8(6)10(14)15/h1-2,4,6,8,12H,3,5H2,(H,11,13)(H,14,15). The van der Waals surface area contributed by atoms with Crippen LogP contribution in [0.2, 0.25) is 0 Å². The first-order chi connectivity index (χ1) is 7.20. The lowest BCUT2D eigenvalue weighted by molar-refractivity contribution is -0.141. The molecule has 15 heavy (non-hydrogen) atoms. The van der Waals surface area contributed by atoms with Crippen LogP contribution in [-0.2, 0) is 4.79 Å². The third kappa shape index (κ3) is 1.78. The zero-order chi connectivity index (χ0) is 10.8. The van der Waals surface area contributed by atoms with Crippen LogP contribution in [0, 0.1) is 5.92 Å². The van der Waals surface area contributed by atoms with Gasteiger partial charge in [-0.3, -0.25) is 9.59 Å². The molecule has 1 fully saturated rings. The highest BCUT2D eigenvalue weighted by molar-refractivity contribution is 5.72. The van der Waals surface area contributed by atoms with E-state index in [1.165, 1.54) is 6.07 Å². The molecule has 1 aliphatic rings. The number of carbonyl (C=O) groups is 1. The fraction of sp³-hybridized carbons (Fsp3) is 0.400. The summed E-state index contributed by atoms with van der Waals surface area (Å²) in [5.41, 5.74) is 0.448. The van der Waals surface area contributed by atoms with E-state index in [9.17, 15) is 9.59 Å². The molecule has 0 spiro atoms. The van der Waals surface area contributed by atoms with E-state index in [-0.39, 0.29) is 11.3 Å². The van der Waals surface area contributed by atoms with E-state index in [1.807, 2.05) is 0 Å². The molecule has 2 heterocycles. The van der Waals surface area contributed by atoms with Crippen LogP contribution in [0.3, 0.4) is 0 Å². The minimum Gasteiger partial charge on any atom is -0.481 e. The number of aromatic amines is 1. The lowest BCUT2D eigenvalue weighted by Gasteiger charge is -2.13. The van der Waals surface area contributed by atoms with Crippen molar-refractivity contribution >= 4 is 5.97 Å². The highest BCUT2D eigenvalue weighted by atomic mass is 16.4. The Kier molecular flexibility index (Phi) is 2.55. The summed E-state index contributed by atoms with van der Waals surface area (Å²) >= 11 is 0. The fourth-order valence-electron chi connectivity index (χ4n) is 1.98. The van der Waals surface area contributed by atoms with Gasteiger partial charge in [0.2, 0.25) is 0 Å². The van der Waals surface area contributed by atoms with Crippen molar-refractivity contribution in [1.29, 1.82) is 0 Å². The van der Waals surface area contributed by atoms with Gasteiger partial charge in [0.25, 0.3) is 0 Å². The molecular weight excluding hydrogens is 196 g/mol. The van der Waals surface area contributed by atoms with Crippen LogP contribution in [0.15, 0.2) is 23.3 Å². The number of nitrogens with one attached hydrogen (secondary N) is 2. The molecule has 1 saturated heterocycles. The Morgan fingerprint density at radius 3 is 2.93 bits per heavy atom. The van der Waals surface area contributed by atoms with Gasteiger partial charge in [-0.15, -0.1) is 0 Å². The SMILES string of the molecule is O=C(O)C1CNCC1c1c[nH]ccc1=O. The monoisotopic (exact) mass is 208 g/mol. The van der Waals surface area contributed by atoms with Crippen molar-refractivity contribution < 1.29 is 9.90 Å². The van der Waals surface area contributed by atoms with E-state index in [0.717, 1.165) is 0 Å². The Balaban J connectivity index is 2.35. The Labute approximate surface area is 86.1 Å². The van der Waals surface area contributed by atoms with Crippen molar-refractivity contribution in [2.75, 3.05) is 13.1 Å². The molecule has 0 aromatic carbocycles. The van der Waals surface area contributed by atoms with Gasteiger partial charge in [-0.25, -0.2) is 0 Å². The van der Waals surface area contributed by atoms with Gasteiger partial charge >= 0.3 is 5.97 Å². The smallest absolute Gasteiger partial charge is 0.308 e. The number of carboxylic acid groups (broad SMARTS) is 1. The summed E-state index contributed by atoms with van der Waals surface area (Å²) in [6.45, 7) is 0.971. The first-order valence-electron chi connectivity index (χ1n) is 4.80. The summed E-state index contributed by atoms with van der Waals surface area (Å²) in [6.07, 6.45) is 3.14. The summed E-state index contributed by atoms with van der Waals surface area (Å²) in [5, 5.41) is 12.0. The molecule has 0 radical (unpaired) electrons. The summed E-state index contributed by atoms with van der Waals surface area (Å²) in [4.78, 5) is 25.3. The zero-order valence-corrected chi connectivity index (χ0v) is 8.06. The molecule has 5 nitrogen and oxygen atoms in total. The van der Waals surface area contributed by atoms with Gasteiger partial charge in [0.1, 0.15) is 0 Å². The predicted octanol–water partition coefficient (Wildman–Crippen LogP) is -0.238. The van der Waals surface area contributed by atoms with E-state index >= 15 is 0 Å². The summed E-state index contributed by atoms with van der Waals surface area (Å²) < 4.78 is 0. The molecule has 1 aromatic rings.